The number of nitrogens with one attached hydrogen (secondary N) is 1. The van der Waals surface area contributed by atoms with Gasteiger partial charge in [-0.05, 0) is 22.3 Å². The standard InChI is InChI=1S/C18H21NO9P2/c20-17(19-10-9-18(21,29(22,23)24)30(25,26)27)28-11-16-14-7-3-1-5-12(14)13-6-2-4-8-15(13)16/h1-8,16,21H,9-11H2,(H,19,20)(H2,22,23,24)(H2,25,26,27). The van der Waals surface area contributed by atoms with E-state index in [1.165, 1.54) is 0 Å². The second kappa shape index (κ2) is 8.24. The Balaban J connectivity index is 1.62. The van der Waals surface area contributed by atoms with E-state index in [0.29, 0.717) is 0 Å². The molecule has 6 N–H and O–H groups in total. The molecule has 10 nitrogen and oxygen atoms in total. The first-order valence-electron chi connectivity index (χ1n) is 8.88. The third-order valence-electron chi connectivity index (χ3n) is 5.01. The number of rotatable bonds is 7. The summed E-state index contributed by atoms with van der Waals surface area (Å²) in [7, 11) is -11.1. The van der Waals surface area contributed by atoms with Crippen molar-refractivity contribution in [2.45, 2.75) is 17.4 Å². The summed E-state index contributed by atoms with van der Waals surface area (Å²) in [6, 6.07) is 15.4. The van der Waals surface area contributed by atoms with E-state index >= 15 is 0 Å². The number of amides is 1. The van der Waals surface area contributed by atoms with Crippen molar-refractivity contribution < 1.29 is 43.3 Å². The number of hydrogen-bond acceptors (Lipinski definition) is 5. The molecule has 12 heteroatoms. The lowest BCUT2D eigenvalue weighted by molar-refractivity contribution is 0.117. The number of fused-ring (bicyclic) bond motifs is 3. The van der Waals surface area contributed by atoms with Crippen LogP contribution in [0.15, 0.2) is 48.5 Å². The van der Waals surface area contributed by atoms with Crippen molar-refractivity contribution in [3.05, 3.63) is 59.7 Å². The quantitative estimate of drug-likeness (QED) is 0.340. The number of alkyl carbamates (subject to hydrolysis) is 1. The fraction of sp³-hybridized carbons (Fsp3) is 0.278. The van der Waals surface area contributed by atoms with Gasteiger partial charge >= 0.3 is 21.3 Å². The zero-order chi connectivity index (χ0) is 22.2. The highest BCUT2D eigenvalue weighted by atomic mass is 31.2. The van der Waals surface area contributed by atoms with Gasteiger partial charge in [0.1, 0.15) is 6.61 Å². The molecule has 0 saturated heterocycles. The summed E-state index contributed by atoms with van der Waals surface area (Å²) in [5.74, 6) is -0.203. The van der Waals surface area contributed by atoms with E-state index in [4.69, 9.17) is 24.3 Å². The molecule has 0 heterocycles. The summed E-state index contributed by atoms with van der Waals surface area (Å²) in [5.41, 5.74) is 4.05. The minimum absolute atomic E-state index is 0.0128. The molecule has 0 unspecified atom stereocenters. The summed E-state index contributed by atoms with van der Waals surface area (Å²) < 4.78 is 27.8. The molecule has 3 rings (SSSR count). The molecular formula is C18H21NO9P2. The highest BCUT2D eigenvalue weighted by molar-refractivity contribution is 7.72. The minimum atomic E-state index is -5.57. The highest BCUT2D eigenvalue weighted by Gasteiger charge is 2.58. The zero-order valence-corrected chi connectivity index (χ0v) is 17.4. The summed E-state index contributed by atoms with van der Waals surface area (Å²) in [6.07, 6.45) is -2.01. The van der Waals surface area contributed by atoms with Crippen LogP contribution in [-0.2, 0) is 13.9 Å². The third-order valence-corrected chi connectivity index (χ3v) is 8.88. The number of ether oxygens (including phenoxy) is 1. The predicted octanol–water partition coefficient (Wildman–Crippen LogP) is 1.92. The molecule has 2 aromatic carbocycles. The minimum Gasteiger partial charge on any atom is -0.449 e. The Kier molecular flexibility index (Phi) is 6.23. The molecule has 0 aliphatic heterocycles. The van der Waals surface area contributed by atoms with Gasteiger partial charge in [0, 0.05) is 18.9 Å². The summed E-state index contributed by atoms with van der Waals surface area (Å²) >= 11 is 0. The SMILES string of the molecule is O=C(NCCC(O)(P(=O)(O)O)P(=O)(O)O)OCC1c2ccccc2-c2ccccc21. The monoisotopic (exact) mass is 457 g/mol. The number of carbonyl (C=O) groups excluding carboxylic acids is 1. The lowest BCUT2D eigenvalue weighted by atomic mass is 9.98. The van der Waals surface area contributed by atoms with Crippen molar-refractivity contribution in [1.29, 1.82) is 0 Å². The van der Waals surface area contributed by atoms with E-state index in [1.54, 1.807) is 0 Å². The van der Waals surface area contributed by atoms with Crippen molar-refractivity contribution >= 4 is 21.3 Å². The average molecular weight is 457 g/mol. The van der Waals surface area contributed by atoms with Crippen LogP contribution in [0.1, 0.15) is 23.5 Å². The first kappa shape index (κ1) is 22.7. The molecule has 0 radical (unpaired) electrons. The maximum absolute atomic E-state index is 12.0. The molecule has 162 valence electrons. The van der Waals surface area contributed by atoms with Crippen LogP contribution < -0.4 is 5.32 Å². The average Bonchev–Trinajstić information content (AvgIpc) is 2.98. The molecule has 0 spiro atoms. The van der Waals surface area contributed by atoms with Crippen LogP contribution in [-0.4, -0.2) is 49.0 Å². The summed E-state index contributed by atoms with van der Waals surface area (Å²) in [6.45, 7) is -0.634. The fourth-order valence-corrected chi connectivity index (χ4v) is 5.61. The second-order valence-corrected chi connectivity index (χ2v) is 10.9. The molecule has 0 bridgehead atoms. The Hall–Kier alpha value is -2.03. The smallest absolute Gasteiger partial charge is 0.407 e. The number of benzene rings is 2. The van der Waals surface area contributed by atoms with Gasteiger partial charge in [-0.2, -0.15) is 0 Å². The molecule has 0 fully saturated rings. The van der Waals surface area contributed by atoms with Crippen molar-refractivity contribution in [3.8, 4) is 11.1 Å². The number of carbonyl (C=O) groups is 1. The molecule has 2 aromatic rings. The zero-order valence-electron chi connectivity index (χ0n) is 15.6. The summed E-state index contributed by atoms with van der Waals surface area (Å²) in [5, 5.41) is 8.36. The van der Waals surface area contributed by atoms with Gasteiger partial charge in [0.2, 0.25) is 0 Å². The molecule has 0 atom stereocenters. The Morgan fingerprint density at radius 2 is 1.40 bits per heavy atom. The molecule has 0 aromatic heterocycles. The Labute approximate surface area is 171 Å². The van der Waals surface area contributed by atoms with Crippen molar-refractivity contribution in [3.63, 3.8) is 0 Å². The van der Waals surface area contributed by atoms with E-state index in [9.17, 15) is 19.0 Å². The Morgan fingerprint density at radius 3 is 1.87 bits per heavy atom. The van der Waals surface area contributed by atoms with E-state index in [0.717, 1.165) is 22.3 Å². The van der Waals surface area contributed by atoms with E-state index in [2.05, 4.69) is 5.32 Å². The first-order valence-corrected chi connectivity index (χ1v) is 12.1. The van der Waals surface area contributed by atoms with Crippen molar-refractivity contribution in [1.82, 2.24) is 5.32 Å². The van der Waals surface area contributed by atoms with Gasteiger partial charge in [-0.3, -0.25) is 9.13 Å². The third kappa shape index (κ3) is 4.22. The largest absolute Gasteiger partial charge is 0.449 e. The highest BCUT2D eigenvalue weighted by Crippen LogP contribution is 2.68. The van der Waals surface area contributed by atoms with Crippen LogP contribution in [0, 0.1) is 0 Å². The van der Waals surface area contributed by atoms with Crippen LogP contribution in [0.4, 0.5) is 4.79 Å². The predicted molar refractivity (Wildman–Crippen MR) is 107 cm³/mol. The summed E-state index contributed by atoms with van der Waals surface area (Å²) in [4.78, 5) is 48.4. The maximum Gasteiger partial charge on any atom is 0.407 e. The van der Waals surface area contributed by atoms with Gasteiger partial charge in [0.05, 0.1) is 0 Å². The van der Waals surface area contributed by atoms with Crippen LogP contribution in [0.5, 0.6) is 0 Å². The molecule has 0 saturated carbocycles. The fourth-order valence-electron chi connectivity index (χ4n) is 3.44. The van der Waals surface area contributed by atoms with E-state index in [1.807, 2.05) is 48.5 Å². The van der Waals surface area contributed by atoms with Crippen LogP contribution in [0.2, 0.25) is 0 Å². The molecule has 1 aliphatic carbocycles. The van der Waals surface area contributed by atoms with Crippen LogP contribution in [0.25, 0.3) is 11.1 Å². The van der Waals surface area contributed by atoms with Gasteiger partial charge in [0.25, 0.3) is 5.08 Å². The van der Waals surface area contributed by atoms with Gasteiger partial charge in [-0.1, -0.05) is 48.5 Å². The van der Waals surface area contributed by atoms with Gasteiger partial charge in [-0.25, -0.2) is 4.79 Å². The van der Waals surface area contributed by atoms with Crippen LogP contribution >= 0.6 is 15.2 Å². The first-order chi connectivity index (χ1) is 14.0. The number of hydrogen-bond donors (Lipinski definition) is 6. The van der Waals surface area contributed by atoms with Crippen molar-refractivity contribution in [2.24, 2.45) is 0 Å². The normalized spacial score (nSPS) is 14.2. The lowest BCUT2D eigenvalue weighted by Crippen LogP contribution is -2.35. The van der Waals surface area contributed by atoms with E-state index < -0.39 is 39.3 Å². The second-order valence-electron chi connectivity index (χ2n) is 6.86. The Bertz CT molecular complexity index is 978. The Morgan fingerprint density at radius 1 is 0.933 bits per heavy atom. The lowest BCUT2D eigenvalue weighted by Gasteiger charge is -2.29. The number of aliphatic hydroxyl groups is 1. The topological polar surface area (TPSA) is 174 Å². The molecule has 30 heavy (non-hydrogen) atoms. The van der Waals surface area contributed by atoms with Gasteiger partial charge in [0.15, 0.2) is 0 Å². The maximum atomic E-state index is 12.0. The molecule has 1 amide bonds. The molecule has 1 aliphatic rings. The molecular weight excluding hydrogens is 436 g/mol. The van der Waals surface area contributed by atoms with Gasteiger partial charge < -0.3 is 34.7 Å². The van der Waals surface area contributed by atoms with Crippen molar-refractivity contribution in [2.75, 3.05) is 13.2 Å². The van der Waals surface area contributed by atoms with Crippen LogP contribution in [0.3, 0.4) is 0 Å². The van der Waals surface area contributed by atoms with Gasteiger partial charge in [-0.15, -0.1) is 0 Å². The van der Waals surface area contributed by atoms with E-state index in [-0.39, 0.29) is 12.5 Å².